The molecule has 0 aromatic heterocycles. The van der Waals surface area contributed by atoms with E-state index in [0.717, 1.165) is 6.26 Å². The molecule has 0 aliphatic rings. The Kier molecular flexibility index (Phi) is 4.07. The first-order valence-corrected chi connectivity index (χ1v) is 4.09. The monoisotopic (exact) mass is 193 g/mol. The van der Waals surface area contributed by atoms with Crippen LogP contribution in [0, 0.1) is 0 Å². The second-order valence-corrected chi connectivity index (χ2v) is 2.49. The summed E-state index contributed by atoms with van der Waals surface area (Å²) in [5.74, 6) is 0.634. The molecule has 0 radical (unpaired) electrons. The topological polar surface area (TPSA) is 58.6 Å². The highest BCUT2D eigenvalue weighted by atomic mass is 16.5. The maximum Gasteiger partial charge on any atom is 0.211 e. The summed E-state index contributed by atoms with van der Waals surface area (Å²) in [6, 6.07) is 6.98. The second kappa shape index (κ2) is 5.64. The Labute approximate surface area is 81.8 Å². The van der Waals surface area contributed by atoms with Crippen molar-refractivity contribution in [3.63, 3.8) is 0 Å². The largest absolute Gasteiger partial charge is 0.516 e. The number of benzene rings is 1. The lowest BCUT2D eigenvalue weighted by Crippen LogP contribution is -1.96. The molecule has 0 heterocycles. The Morgan fingerprint density at radius 2 is 2.36 bits per heavy atom. The van der Waals surface area contributed by atoms with Crippen LogP contribution < -0.4 is 10.1 Å². The fraction of sp³-hybridized carbons (Fsp3) is 0.100. The molecule has 4 heteroatoms. The fourth-order valence-electron chi connectivity index (χ4n) is 0.931. The number of ether oxygens (including phenoxy) is 1. The van der Waals surface area contributed by atoms with Gasteiger partial charge < -0.3 is 15.2 Å². The average molecular weight is 193 g/mol. The van der Waals surface area contributed by atoms with Crippen molar-refractivity contribution in [2.75, 3.05) is 11.9 Å². The van der Waals surface area contributed by atoms with Gasteiger partial charge in [0.15, 0.2) is 0 Å². The maximum atomic E-state index is 10.1. The highest BCUT2D eigenvalue weighted by Gasteiger charge is 1.94. The number of anilines is 1. The zero-order valence-electron chi connectivity index (χ0n) is 7.51. The first-order chi connectivity index (χ1) is 6.86. The number of nitrogens with one attached hydrogen (secondary N) is 1. The van der Waals surface area contributed by atoms with Gasteiger partial charge in [0.2, 0.25) is 6.41 Å². The molecule has 0 spiro atoms. The van der Waals surface area contributed by atoms with Gasteiger partial charge in [-0.15, -0.1) is 0 Å². The van der Waals surface area contributed by atoms with E-state index in [1.54, 1.807) is 24.3 Å². The van der Waals surface area contributed by atoms with Gasteiger partial charge in [-0.1, -0.05) is 6.07 Å². The summed E-state index contributed by atoms with van der Waals surface area (Å²) in [7, 11) is 0. The Morgan fingerprint density at radius 3 is 3.07 bits per heavy atom. The Hall–Kier alpha value is -1.97. The van der Waals surface area contributed by atoms with Crippen molar-refractivity contribution in [1.82, 2.24) is 0 Å². The number of aliphatic hydroxyl groups is 1. The van der Waals surface area contributed by atoms with E-state index in [1.165, 1.54) is 6.08 Å². The molecule has 0 unspecified atom stereocenters. The molecule has 1 amide bonds. The SMILES string of the molecule is O=CNc1cccc(OC/C=C/O)c1. The van der Waals surface area contributed by atoms with Gasteiger partial charge in [-0.05, 0) is 18.2 Å². The summed E-state index contributed by atoms with van der Waals surface area (Å²) in [6.45, 7) is 0.293. The molecule has 0 saturated heterocycles. The van der Waals surface area contributed by atoms with E-state index < -0.39 is 0 Å². The van der Waals surface area contributed by atoms with Crippen LogP contribution in [-0.4, -0.2) is 18.1 Å². The van der Waals surface area contributed by atoms with Crippen molar-refractivity contribution in [3.8, 4) is 5.75 Å². The molecule has 1 rings (SSSR count). The van der Waals surface area contributed by atoms with Crippen LogP contribution in [-0.2, 0) is 4.79 Å². The van der Waals surface area contributed by atoms with Gasteiger partial charge in [-0.2, -0.15) is 0 Å². The molecule has 0 aliphatic carbocycles. The van der Waals surface area contributed by atoms with E-state index in [9.17, 15) is 4.79 Å². The normalized spacial score (nSPS) is 10.0. The Morgan fingerprint density at radius 1 is 1.50 bits per heavy atom. The van der Waals surface area contributed by atoms with Gasteiger partial charge >= 0.3 is 0 Å². The number of hydrogen-bond donors (Lipinski definition) is 2. The van der Waals surface area contributed by atoms with Gasteiger partial charge in [0.05, 0.1) is 6.26 Å². The number of hydrogen-bond acceptors (Lipinski definition) is 3. The first-order valence-electron chi connectivity index (χ1n) is 4.09. The van der Waals surface area contributed by atoms with Crippen LogP contribution in [0.25, 0.3) is 0 Å². The highest BCUT2D eigenvalue weighted by Crippen LogP contribution is 2.16. The summed E-state index contributed by atoms with van der Waals surface area (Å²) in [5.41, 5.74) is 0.672. The first kappa shape index (κ1) is 10.1. The summed E-state index contributed by atoms with van der Waals surface area (Å²) < 4.78 is 5.23. The van der Waals surface area contributed by atoms with Crippen LogP contribution in [0.3, 0.4) is 0 Å². The highest BCUT2D eigenvalue weighted by molar-refractivity contribution is 5.71. The van der Waals surface area contributed by atoms with E-state index in [1.807, 2.05) is 0 Å². The van der Waals surface area contributed by atoms with Crippen LogP contribution in [0.5, 0.6) is 5.75 Å². The zero-order chi connectivity index (χ0) is 10.2. The molecule has 0 aliphatic heterocycles. The van der Waals surface area contributed by atoms with Gasteiger partial charge in [0, 0.05) is 11.8 Å². The number of aliphatic hydroxyl groups excluding tert-OH is 1. The van der Waals surface area contributed by atoms with E-state index in [-0.39, 0.29) is 0 Å². The van der Waals surface area contributed by atoms with Crippen LogP contribution in [0.15, 0.2) is 36.6 Å². The molecule has 1 aromatic rings. The van der Waals surface area contributed by atoms with Crippen molar-refractivity contribution in [2.24, 2.45) is 0 Å². The third-order valence-electron chi connectivity index (χ3n) is 1.51. The predicted octanol–water partition coefficient (Wildman–Crippen LogP) is 1.71. The molecule has 0 atom stereocenters. The van der Waals surface area contributed by atoms with Gasteiger partial charge in [-0.25, -0.2) is 0 Å². The second-order valence-electron chi connectivity index (χ2n) is 2.49. The summed E-state index contributed by atoms with van der Waals surface area (Å²) >= 11 is 0. The van der Waals surface area contributed by atoms with Crippen LogP contribution in [0.2, 0.25) is 0 Å². The van der Waals surface area contributed by atoms with E-state index >= 15 is 0 Å². The minimum atomic E-state index is 0.293. The summed E-state index contributed by atoms with van der Waals surface area (Å²) in [4.78, 5) is 10.1. The number of rotatable bonds is 5. The van der Waals surface area contributed by atoms with Crippen molar-refractivity contribution >= 4 is 12.1 Å². The van der Waals surface area contributed by atoms with Crippen molar-refractivity contribution in [3.05, 3.63) is 36.6 Å². The standard InChI is InChI=1S/C10H11NO3/c12-5-2-6-14-10-4-1-3-9(7-10)11-8-13/h1-5,7-8,12H,6H2,(H,11,13)/b5-2+. The van der Waals surface area contributed by atoms with E-state index in [4.69, 9.17) is 9.84 Å². The molecule has 2 N–H and O–H groups in total. The lowest BCUT2D eigenvalue weighted by atomic mass is 10.3. The predicted molar refractivity (Wildman–Crippen MR) is 53.4 cm³/mol. The maximum absolute atomic E-state index is 10.1. The van der Waals surface area contributed by atoms with Crippen LogP contribution in [0.4, 0.5) is 5.69 Å². The fourth-order valence-corrected chi connectivity index (χ4v) is 0.931. The van der Waals surface area contributed by atoms with Crippen molar-refractivity contribution in [2.45, 2.75) is 0 Å². The molecule has 0 saturated carbocycles. The van der Waals surface area contributed by atoms with Crippen molar-refractivity contribution in [1.29, 1.82) is 0 Å². The minimum Gasteiger partial charge on any atom is -0.516 e. The molecule has 4 nitrogen and oxygen atoms in total. The van der Waals surface area contributed by atoms with E-state index in [0.29, 0.717) is 24.5 Å². The molecular formula is C10H11NO3. The van der Waals surface area contributed by atoms with E-state index in [2.05, 4.69) is 5.32 Å². The lowest BCUT2D eigenvalue weighted by molar-refractivity contribution is -0.105. The third-order valence-corrected chi connectivity index (χ3v) is 1.51. The molecule has 14 heavy (non-hydrogen) atoms. The third kappa shape index (κ3) is 3.18. The van der Waals surface area contributed by atoms with Crippen LogP contribution in [0.1, 0.15) is 0 Å². The Bertz CT molecular complexity index is 323. The van der Waals surface area contributed by atoms with Gasteiger partial charge in [0.25, 0.3) is 0 Å². The molecule has 74 valence electrons. The lowest BCUT2D eigenvalue weighted by Gasteiger charge is -2.04. The molecule has 1 aromatic carbocycles. The Balaban J connectivity index is 2.58. The number of carbonyl (C=O) groups excluding carboxylic acids is 1. The zero-order valence-corrected chi connectivity index (χ0v) is 7.51. The smallest absolute Gasteiger partial charge is 0.211 e. The summed E-state index contributed by atoms with van der Waals surface area (Å²) in [5, 5.41) is 10.9. The molecular weight excluding hydrogens is 182 g/mol. The average Bonchev–Trinajstić information content (AvgIpc) is 2.19. The quantitative estimate of drug-likeness (QED) is 0.552. The number of amides is 1. The number of carbonyl (C=O) groups is 1. The molecule has 0 bridgehead atoms. The minimum absolute atomic E-state index is 0.293. The van der Waals surface area contributed by atoms with Gasteiger partial charge in [0.1, 0.15) is 12.4 Å². The molecule has 0 fully saturated rings. The van der Waals surface area contributed by atoms with Gasteiger partial charge in [-0.3, -0.25) is 4.79 Å². The van der Waals surface area contributed by atoms with Crippen LogP contribution >= 0.6 is 0 Å². The van der Waals surface area contributed by atoms with Crippen molar-refractivity contribution < 1.29 is 14.6 Å². The summed E-state index contributed by atoms with van der Waals surface area (Å²) in [6.07, 6.45) is 3.00.